The number of ether oxygens (including phenoxy) is 2. The first kappa shape index (κ1) is 57.9. The normalized spacial score (nSPS) is 14.7. The summed E-state index contributed by atoms with van der Waals surface area (Å²) in [6.07, 6.45) is 59.1. The zero-order valence-corrected chi connectivity index (χ0v) is 38.9. The van der Waals surface area contributed by atoms with Crippen LogP contribution in [0.4, 0.5) is 0 Å². The SMILES string of the molecule is CC/C=C\C/C=C\C/C=C\C/C=C\C/C=C\CCOCC(COP(=O)(O)OCC(N)C(=O)O)OC(=O)CCCCCCCCCC/C=C\C/C=C\C/C=C\CCCCCCC. The topological polar surface area (TPSA) is 155 Å². The molecule has 0 spiro atoms. The summed E-state index contributed by atoms with van der Waals surface area (Å²) in [5, 5.41) is 8.91. The maximum Gasteiger partial charge on any atom is 0.472 e. The molecule has 0 saturated carbocycles. The van der Waals surface area contributed by atoms with Gasteiger partial charge in [0.2, 0.25) is 0 Å². The van der Waals surface area contributed by atoms with Gasteiger partial charge in [-0.2, -0.15) is 0 Å². The Kier molecular flexibility index (Phi) is 42.6. The van der Waals surface area contributed by atoms with E-state index in [1.165, 1.54) is 64.2 Å². The fourth-order valence-electron chi connectivity index (χ4n) is 5.79. The number of nitrogens with two attached hydrogens (primary N) is 1. The molecular weight excluding hydrogens is 790 g/mol. The lowest BCUT2D eigenvalue weighted by atomic mass is 10.1. The van der Waals surface area contributed by atoms with Crippen molar-refractivity contribution in [3.63, 3.8) is 0 Å². The standard InChI is InChI=1S/C50H84NO9P/c1-3-5-7-9-11-13-15-17-19-21-22-23-24-25-26-27-28-30-32-34-36-38-40-42-49(52)60-47(45-58-61(55,56)59-46-48(51)50(53)54)44-57-43-41-39-37-35-33-31-29-20-18-16-14-12-10-8-6-4-2/h6,8,12,14-15,17-18,20-22,24-25,31,33,37,39,47-48H,3-5,7,9-11,13,16,19,23,26-30,32,34-36,38,40-46,51H2,1-2H3,(H,53,54)(H,55,56)/b8-6-,14-12-,17-15-,20-18-,22-21-,25-24-,33-31-,39-37-. The van der Waals surface area contributed by atoms with E-state index in [4.69, 9.17) is 29.4 Å². The second-order valence-corrected chi connectivity index (χ2v) is 16.6. The minimum absolute atomic E-state index is 0.0465. The smallest absolute Gasteiger partial charge is 0.472 e. The fourth-order valence-corrected chi connectivity index (χ4v) is 6.57. The number of aliphatic carboxylic acids is 1. The van der Waals surface area contributed by atoms with E-state index in [0.717, 1.165) is 70.6 Å². The van der Waals surface area contributed by atoms with Crippen molar-refractivity contribution in [3.8, 4) is 0 Å². The van der Waals surface area contributed by atoms with Gasteiger partial charge in [-0.3, -0.25) is 18.6 Å². The molecule has 0 saturated heterocycles. The van der Waals surface area contributed by atoms with Gasteiger partial charge in [-0.05, 0) is 83.5 Å². The molecule has 0 fully saturated rings. The average Bonchev–Trinajstić information content (AvgIpc) is 3.24. The number of unbranched alkanes of at least 4 members (excludes halogenated alkanes) is 13. The molecule has 0 aromatic rings. The highest BCUT2D eigenvalue weighted by Gasteiger charge is 2.27. The maximum absolute atomic E-state index is 12.7. The van der Waals surface area contributed by atoms with E-state index in [-0.39, 0.29) is 13.0 Å². The highest BCUT2D eigenvalue weighted by atomic mass is 31.2. The molecule has 0 amide bonds. The number of esters is 1. The Balaban J connectivity index is 4.31. The number of phosphoric acid groups is 1. The van der Waals surface area contributed by atoms with Crippen molar-refractivity contribution in [1.29, 1.82) is 0 Å². The predicted molar refractivity (Wildman–Crippen MR) is 253 cm³/mol. The molecule has 61 heavy (non-hydrogen) atoms. The van der Waals surface area contributed by atoms with Crippen LogP contribution in [0.3, 0.4) is 0 Å². The first-order valence-corrected chi connectivity index (χ1v) is 24.8. The minimum Gasteiger partial charge on any atom is -0.480 e. The van der Waals surface area contributed by atoms with E-state index in [2.05, 4.69) is 98.9 Å². The van der Waals surface area contributed by atoms with Crippen LogP contribution in [0.25, 0.3) is 0 Å². The fraction of sp³-hybridized carbons (Fsp3) is 0.640. The first-order chi connectivity index (χ1) is 29.7. The number of rotatable bonds is 43. The van der Waals surface area contributed by atoms with E-state index in [0.29, 0.717) is 19.4 Å². The number of carboxylic acid groups (broad SMARTS) is 1. The molecule has 11 heteroatoms. The summed E-state index contributed by atoms with van der Waals surface area (Å²) < 4.78 is 33.3. The molecule has 10 nitrogen and oxygen atoms in total. The molecule has 0 rings (SSSR count). The third-order valence-electron chi connectivity index (χ3n) is 9.37. The lowest BCUT2D eigenvalue weighted by Gasteiger charge is -2.20. The van der Waals surface area contributed by atoms with Crippen molar-refractivity contribution in [1.82, 2.24) is 0 Å². The Morgan fingerprint density at radius 3 is 1.43 bits per heavy atom. The molecule has 3 unspecified atom stereocenters. The van der Waals surface area contributed by atoms with Crippen molar-refractivity contribution in [2.45, 2.75) is 180 Å². The zero-order chi connectivity index (χ0) is 44.8. The maximum atomic E-state index is 12.7. The number of hydrogen-bond donors (Lipinski definition) is 3. The van der Waals surface area contributed by atoms with Crippen LogP contribution < -0.4 is 5.73 Å². The van der Waals surface area contributed by atoms with Gasteiger partial charge in [-0.25, -0.2) is 4.57 Å². The lowest BCUT2D eigenvalue weighted by molar-refractivity contribution is -0.154. The van der Waals surface area contributed by atoms with Crippen LogP contribution >= 0.6 is 7.82 Å². The highest BCUT2D eigenvalue weighted by Crippen LogP contribution is 2.43. The van der Waals surface area contributed by atoms with Crippen molar-refractivity contribution < 1.29 is 42.7 Å². The molecule has 0 radical (unpaired) electrons. The van der Waals surface area contributed by atoms with Crippen LogP contribution in [0, 0.1) is 0 Å². The number of phosphoric ester groups is 1. The van der Waals surface area contributed by atoms with Gasteiger partial charge in [0.25, 0.3) is 0 Å². The van der Waals surface area contributed by atoms with Crippen molar-refractivity contribution in [2.75, 3.05) is 26.4 Å². The van der Waals surface area contributed by atoms with Gasteiger partial charge in [-0.15, -0.1) is 0 Å². The van der Waals surface area contributed by atoms with Crippen LogP contribution in [-0.2, 0) is 32.7 Å². The summed E-state index contributed by atoms with van der Waals surface area (Å²) in [4.78, 5) is 33.6. The molecular formula is C50H84NO9P. The number of allylic oxidation sites excluding steroid dienone is 15. The van der Waals surface area contributed by atoms with E-state index in [1.54, 1.807) is 0 Å². The van der Waals surface area contributed by atoms with Gasteiger partial charge in [0.1, 0.15) is 12.1 Å². The second kappa shape index (κ2) is 44.9. The number of hydrogen-bond acceptors (Lipinski definition) is 8. The molecule has 0 aliphatic rings. The van der Waals surface area contributed by atoms with Gasteiger partial charge in [0.15, 0.2) is 0 Å². The van der Waals surface area contributed by atoms with Crippen molar-refractivity contribution >= 4 is 19.8 Å². The molecule has 3 atom stereocenters. The van der Waals surface area contributed by atoms with E-state index < -0.39 is 45.1 Å². The van der Waals surface area contributed by atoms with E-state index >= 15 is 0 Å². The molecule has 0 aromatic carbocycles. The van der Waals surface area contributed by atoms with Crippen LogP contribution in [0.15, 0.2) is 97.2 Å². The summed E-state index contributed by atoms with van der Waals surface area (Å²) in [6.45, 7) is 3.51. The summed E-state index contributed by atoms with van der Waals surface area (Å²) >= 11 is 0. The summed E-state index contributed by atoms with van der Waals surface area (Å²) in [7, 11) is -4.65. The van der Waals surface area contributed by atoms with Gasteiger partial charge >= 0.3 is 19.8 Å². The average molecular weight is 874 g/mol. The van der Waals surface area contributed by atoms with Crippen LogP contribution in [-0.4, -0.2) is 60.5 Å². The Hall–Kier alpha value is -3.11. The largest absolute Gasteiger partial charge is 0.480 e. The monoisotopic (exact) mass is 874 g/mol. The molecule has 0 aromatic heterocycles. The molecule has 0 heterocycles. The second-order valence-electron chi connectivity index (χ2n) is 15.1. The molecule has 0 aliphatic carbocycles. The summed E-state index contributed by atoms with van der Waals surface area (Å²) in [6, 6.07) is -1.49. The van der Waals surface area contributed by atoms with Gasteiger partial charge < -0.3 is 25.2 Å². The zero-order valence-electron chi connectivity index (χ0n) is 38.0. The molecule has 4 N–H and O–H groups in total. The Morgan fingerprint density at radius 2 is 0.951 bits per heavy atom. The third-order valence-corrected chi connectivity index (χ3v) is 10.3. The molecule has 0 bridgehead atoms. The Morgan fingerprint density at radius 1 is 0.541 bits per heavy atom. The minimum atomic E-state index is -4.65. The van der Waals surface area contributed by atoms with Crippen molar-refractivity contribution in [2.24, 2.45) is 5.73 Å². The number of carboxylic acids is 1. The summed E-state index contributed by atoms with van der Waals surface area (Å²) in [5.74, 6) is -1.83. The predicted octanol–water partition coefficient (Wildman–Crippen LogP) is 13.3. The first-order valence-electron chi connectivity index (χ1n) is 23.3. The van der Waals surface area contributed by atoms with E-state index in [9.17, 15) is 19.0 Å². The van der Waals surface area contributed by atoms with Gasteiger partial charge in [0.05, 0.1) is 26.4 Å². The number of carbonyl (C=O) groups excluding carboxylic acids is 1. The molecule has 348 valence electrons. The Bertz CT molecular complexity index is 1330. The van der Waals surface area contributed by atoms with Crippen LogP contribution in [0.5, 0.6) is 0 Å². The van der Waals surface area contributed by atoms with E-state index in [1.807, 2.05) is 12.2 Å². The lowest BCUT2D eigenvalue weighted by Crippen LogP contribution is -2.34. The van der Waals surface area contributed by atoms with Crippen LogP contribution in [0.1, 0.15) is 168 Å². The highest BCUT2D eigenvalue weighted by molar-refractivity contribution is 7.47. The van der Waals surface area contributed by atoms with Crippen molar-refractivity contribution in [3.05, 3.63) is 97.2 Å². The van der Waals surface area contributed by atoms with Gasteiger partial charge in [-0.1, -0.05) is 175 Å². The number of carbonyl (C=O) groups is 2. The molecule has 0 aliphatic heterocycles. The summed E-state index contributed by atoms with van der Waals surface area (Å²) in [5.41, 5.74) is 5.35. The Labute approximate surface area is 370 Å². The van der Waals surface area contributed by atoms with Gasteiger partial charge in [0, 0.05) is 6.42 Å². The van der Waals surface area contributed by atoms with Crippen LogP contribution in [0.2, 0.25) is 0 Å². The quantitative estimate of drug-likeness (QED) is 0.0233. The third kappa shape index (κ3) is 44.7.